The monoisotopic (exact) mass is 274 g/mol. The van der Waals surface area contributed by atoms with Crippen LogP contribution in [0.3, 0.4) is 0 Å². The summed E-state index contributed by atoms with van der Waals surface area (Å²) in [7, 11) is 1.67. The van der Waals surface area contributed by atoms with Crippen LogP contribution in [0, 0.1) is 18.8 Å². The van der Waals surface area contributed by atoms with Gasteiger partial charge in [0.1, 0.15) is 0 Å². The van der Waals surface area contributed by atoms with Crippen molar-refractivity contribution in [1.29, 1.82) is 0 Å². The number of amides is 1. The van der Waals surface area contributed by atoms with Gasteiger partial charge in [-0.25, -0.2) is 0 Å². The van der Waals surface area contributed by atoms with E-state index in [2.05, 4.69) is 30.5 Å². The highest BCUT2D eigenvalue weighted by Gasteiger charge is 2.24. The summed E-state index contributed by atoms with van der Waals surface area (Å²) in [6, 6.07) is 6.43. The molecule has 3 heteroatoms. The maximum atomic E-state index is 11.8. The molecule has 1 saturated carbocycles. The number of carbonyl (C=O) groups is 1. The first kappa shape index (κ1) is 14.9. The Kier molecular flexibility index (Phi) is 4.69. The molecule has 1 aliphatic rings. The zero-order valence-corrected chi connectivity index (χ0v) is 13.0. The number of hydrogen-bond donors (Lipinski definition) is 2. The molecule has 20 heavy (non-hydrogen) atoms. The minimum absolute atomic E-state index is 0.0169. The highest BCUT2D eigenvalue weighted by molar-refractivity contribution is 5.96. The molecule has 1 aromatic rings. The van der Waals surface area contributed by atoms with Crippen LogP contribution in [0.4, 0.5) is 5.69 Å². The lowest BCUT2D eigenvalue weighted by atomic mass is 9.79. The minimum Gasteiger partial charge on any atom is -0.382 e. The molecule has 1 fully saturated rings. The molecular formula is C17H26N2O. The highest BCUT2D eigenvalue weighted by Crippen LogP contribution is 2.32. The van der Waals surface area contributed by atoms with Crippen molar-refractivity contribution >= 4 is 11.6 Å². The lowest BCUT2D eigenvalue weighted by molar-refractivity contribution is 0.0962. The maximum Gasteiger partial charge on any atom is 0.251 e. The number of nitrogens with one attached hydrogen (secondary N) is 2. The van der Waals surface area contributed by atoms with Crippen molar-refractivity contribution in [3.05, 3.63) is 29.3 Å². The van der Waals surface area contributed by atoms with Gasteiger partial charge in [0.15, 0.2) is 0 Å². The summed E-state index contributed by atoms with van der Waals surface area (Å²) in [5.74, 6) is 1.58. The number of anilines is 1. The van der Waals surface area contributed by atoms with Crippen LogP contribution in [-0.2, 0) is 0 Å². The summed E-state index contributed by atoms with van der Waals surface area (Å²) in [5.41, 5.74) is 2.89. The largest absolute Gasteiger partial charge is 0.382 e. The molecule has 3 nitrogen and oxygen atoms in total. The van der Waals surface area contributed by atoms with Gasteiger partial charge in [0, 0.05) is 24.3 Å². The zero-order chi connectivity index (χ0) is 14.7. The fourth-order valence-corrected chi connectivity index (χ4v) is 3.07. The van der Waals surface area contributed by atoms with E-state index in [1.165, 1.54) is 19.3 Å². The van der Waals surface area contributed by atoms with Crippen LogP contribution in [-0.4, -0.2) is 19.0 Å². The summed E-state index contributed by atoms with van der Waals surface area (Å²) in [4.78, 5) is 11.8. The van der Waals surface area contributed by atoms with E-state index in [1.54, 1.807) is 7.05 Å². The van der Waals surface area contributed by atoms with Crippen LogP contribution in [0.15, 0.2) is 18.2 Å². The summed E-state index contributed by atoms with van der Waals surface area (Å²) >= 11 is 0. The van der Waals surface area contributed by atoms with E-state index in [-0.39, 0.29) is 5.91 Å². The molecule has 3 unspecified atom stereocenters. The van der Waals surface area contributed by atoms with E-state index in [0.717, 1.165) is 28.7 Å². The molecule has 2 N–H and O–H groups in total. The molecule has 1 aliphatic carbocycles. The molecule has 3 atom stereocenters. The second-order valence-corrected chi connectivity index (χ2v) is 6.17. The Morgan fingerprint density at radius 1 is 1.20 bits per heavy atom. The predicted octanol–water partition coefficient (Wildman–Crippen LogP) is 3.59. The minimum atomic E-state index is -0.0169. The van der Waals surface area contributed by atoms with E-state index in [1.807, 2.05) is 19.1 Å². The SMILES string of the molecule is CNC(=O)c1cccc(NC2CCC(C)C(C)C2)c1C. The average molecular weight is 274 g/mol. The number of benzene rings is 1. The lowest BCUT2D eigenvalue weighted by Gasteiger charge is -2.33. The number of hydrogen-bond acceptors (Lipinski definition) is 2. The van der Waals surface area contributed by atoms with Crippen LogP contribution < -0.4 is 10.6 Å². The van der Waals surface area contributed by atoms with Gasteiger partial charge in [0.05, 0.1) is 0 Å². The van der Waals surface area contributed by atoms with Crippen molar-refractivity contribution in [2.75, 3.05) is 12.4 Å². The molecule has 2 rings (SSSR count). The molecule has 1 aromatic carbocycles. The summed E-state index contributed by atoms with van der Waals surface area (Å²) in [5, 5.41) is 6.34. The molecule has 0 aliphatic heterocycles. The molecule has 1 amide bonds. The van der Waals surface area contributed by atoms with Gasteiger partial charge in [0.25, 0.3) is 5.91 Å². The number of rotatable bonds is 3. The summed E-state index contributed by atoms with van der Waals surface area (Å²) in [6.45, 7) is 6.70. The fourth-order valence-electron chi connectivity index (χ4n) is 3.07. The molecule has 110 valence electrons. The topological polar surface area (TPSA) is 41.1 Å². The van der Waals surface area contributed by atoms with E-state index in [9.17, 15) is 4.79 Å². The van der Waals surface area contributed by atoms with Crippen molar-refractivity contribution in [2.24, 2.45) is 11.8 Å². The Morgan fingerprint density at radius 2 is 1.95 bits per heavy atom. The van der Waals surface area contributed by atoms with Crippen LogP contribution >= 0.6 is 0 Å². The third-order valence-electron chi connectivity index (χ3n) is 4.76. The highest BCUT2D eigenvalue weighted by atomic mass is 16.1. The van der Waals surface area contributed by atoms with Crippen molar-refractivity contribution < 1.29 is 4.79 Å². The van der Waals surface area contributed by atoms with E-state index in [0.29, 0.717) is 6.04 Å². The van der Waals surface area contributed by atoms with Crippen LogP contribution in [0.25, 0.3) is 0 Å². The summed E-state index contributed by atoms with van der Waals surface area (Å²) in [6.07, 6.45) is 3.72. The predicted molar refractivity (Wildman–Crippen MR) is 84.2 cm³/mol. The normalized spacial score (nSPS) is 26.1. The van der Waals surface area contributed by atoms with Gasteiger partial charge in [-0.2, -0.15) is 0 Å². The Morgan fingerprint density at radius 3 is 2.60 bits per heavy atom. The maximum absolute atomic E-state index is 11.8. The zero-order valence-electron chi connectivity index (χ0n) is 13.0. The molecule has 0 spiro atoms. The van der Waals surface area contributed by atoms with Gasteiger partial charge in [0.2, 0.25) is 0 Å². The van der Waals surface area contributed by atoms with Gasteiger partial charge in [-0.1, -0.05) is 19.9 Å². The molecule has 0 aromatic heterocycles. The Bertz CT molecular complexity index is 484. The first-order chi connectivity index (χ1) is 9.52. The first-order valence-corrected chi connectivity index (χ1v) is 7.61. The van der Waals surface area contributed by atoms with E-state index < -0.39 is 0 Å². The van der Waals surface area contributed by atoms with Gasteiger partial charge >= 0.3 is 0 Å². The van der Waals surface area contributed by atoms with Crippen LogP contribution in [0.5, 0.6) is 0 Å². The second-order valence-electron chi connectivity index (χ2n) is 6.17. The third kappa shape index (κ3) is 3.14. The quantitative estimate of drug-likeness (QED) is 0.884. The van der Waals surface area contributed by atoms with Crippen LogP contribution in [0.1, 0.15) is 49.0 Å². The Labute approximate surface area is 122 Å². The molecule has 0 bridgehead atoms. The van der Waals surface area contributed by atoms with Crippen molar-refractivity contribution in [3.8, 4) is 0 Å². The number of carbonyl (C=O) groups excluding carboxylic acids is 1. The third-order valence-corrected chi connectivity index (χ3v) is 4.76. The standard InChI is InChI=1S/C17H26N2O/c1-11-8-9-14(10-12(11)2)19-16-7-5-6-15(13(16)3)17(20)18-4/h5-7,11-12,14,19H,8-10H2,1-4H3,(H,18,20). The van der Waals surface area contributed by atoms with Gasteiger partial charge < -0.3 is 10.6 Å². The average Bonchev–Trinajstić information content (AvgIpc) is 2.44. The molecular weight excluding hydrogens is 248 g/mol. The molecule has 0 saturated heterocycles. The van der Waals surface area contributed by atoms with Crippen LogP contribution in [0.2, 0.25) is 0 Å². The first-order valence-electron chi connectivity index (χ1n) is 7.61. The van der Waals surface area contributed by atoms with Gasteiger partial charge in [-0.3, -0.25) is 4.79 Å². The fraction of sp³-hybridized carbons (Fsp3) is 0.588. The van der Waals surface area contributed by atoms with Crippen molar-refractivity contribution in [3.63, 3.8) is 0 Å². The molecule has 0 radical (unpaired) electrons. The van der Waals surface area contributed by atoms with Crippen molar-refractivity contribution in [1.82, 2.24) is 5.32 Å². The van der Waals surface area contributed by atoms with E-state index >= 15 is 0 Å². The van der Waals surface area contributed by atoms with E-state index in [4.69, 9.17) is 0 Å². The lowest BCUT2D eigenvalue weighted by Crippen LogP contribution is -2.30. The smallest absolute Gasteiger partial charge is 0.251 e. The van der Waals surface area contributed by atoms with Crippen molar-refractivity contribution in [2.45, 2.75) is 46.1 Å². The second kappa shape index (κ2) is 6.29. The van der Waals surface area contributed by atoms with Gasteiger partial charge in [-0.05, 0) is 55.7 Å². The molecule has 0 heterocycles. The van der Waals surface area contributed by atoms with Gasteiger partial charge in [-0.15, -0.1) is 0 Å². The summed E-state index contributed by atoms with van der Waals surface area (Å²) < 4.78 is 0. The Balaban J connectivity index is 2.12. The Hall–Kier alpha value is -1.51.